The standard InChI is InChI=1S/C11H20N2O3/c1-13-5-2-9(10(13)15)12-11(8-14)3-6-16-7-4-11/h9,12,14H,2-8H2,1H3. The molecule has 2 heterocycles. The lowest BCUT2D eigenvalue weighted by Crippen LogP contribution is -2.57. The Labute approximate surface area is 95.8 Å². The first-order valence-electron chi connectivity index (χ1n) is 5.88. The van der Waals surface area contributed by atoms with Crippen molar-refractivity contribution in [3.8, 4) is 0 Å². The highest BCUT2D eigenvalue weighted by molar-refractivity contribution is 5.83. The molecule has 0 spiro atoms. The number of aliphatic hydroxyl groups excluding tert-OH is 1. The van der Waals surface area contributed by atoms with Gasteiger partial charge in [0.15, 0.2) is 0 Å². The van der Waals surface area contributed by atoms with Gasteiger partial charge < -0.3 is 14.7 Å². The molecule has 16 heavy (non-hydrogen) atoms. The quantitative estimate of drug-likeness (QED) is 0.674. The zero-order valence-electron chi connectivity index (χ0n) is 9.74. The van der Waals surface area contributed by atoms with Crippen LogP contribution in [0.3, 0.4) is 0 Å². The van der Waals surface area contributed by atoms with Gasteiger partial charge in [-0.15, -0.1) is 0 Å². The van der Waals surface area contributed by atoms with E-state index in [1.54, 1.807) is 4.90 Å². The molecule has 2 rings (SSSR count). The van der Waals surface area contributed by atoms with Gasteiger partial charge in [0, 0.05) is 32.3 Å². The second-order valence-electron chi connectivity index (χ2n) is 4.80. The fraction of sp³-hybridized carbons (Fsp3) is 0.909. The first kappa shape index (κ1) is 11.8. The van der Waals surface area contributed by atoms with Gasteiger partial charge in [-0.3, -0.25) is 10.1 Å². The molecular weight excluding hydrogens is 208 g/mol. The van der Waals surface area contributed by atoms with Crippen LogP contribution in [0.15, 0.2) is 0 Å². The molecule has 0 saturated carbocycles. The molecular formula is C11H20N2O3. The van der Waals surface area contributed by atoms with Crippen LogP contribution >= 0.6 is 0 Å². The van der Waals surface area contributed by atoms with Crippen molar-refractivity contribution in [1.82, 2.24) is 10.2 Å². The van der Waals surface area contributed by atoms with Crippen LogP contribution in [-0.4, -0.2) is 60.9 Å². The second kappa shape index (κ2) is 4.69. The van der Waals surface area contributed by atoms with Crippen molar-refractivity contribution < 1.29 is 14.6 Å². The molecule has 5 heteroatoms. The van der Waals surface area contributed by atoms with Gasteiger partial charge in [-0.05, 0) is 19.3 Å². The number of carbonyl (C=O) groups excluding carboxylic acids is 1. The number of amides is 1. The van der Waals surface area contributed by atoms with Crippen molar-refractivity contribution in [3.05, 3.63) is 0 Å². The Kier molecular flexibility index (Phi) is 3.47. The number of rotatable bonds is 3. The number of hydrogen-bond donors (Lipinski definition) is 2. The Morgan fingerprint density at radius 1 is 1.56 bits per heavy atom. The zero-order chi connectivity index (χ0) is 11.6. The number of likely N-dealkylation sites (N-methyl/N-ethyl adjacent to an activating group) is 1. The summed E-state index contributed by atoms with van der Waals surface area (Å²) in [6, 6.07) is -0.129. The molecule has 0 radical (unpaired) electrons. The smallest absolute Gasteiger partial charge is 0.239 e. The molecule has 1 atom stereocenters. The second-order valence-corrected chi connectivity index (χ2v) is 4.80. The predicted octanol–water partition coefficient (Wildman–Crippen LogP) is -0.652. The van der Waals surface area contributed by atoms with E-state index in [2.05, 4.69) is 5.32 Å². The summed E-state index contributed by atoms with van der Waals surface area (Å²) in [5, 5.41) is 12.9. The number of nitrogens with one attached hydrogen (secondary N) is 1. The van der Waals surface area contributed by atoms with Crippen LogP contribution in [0.2, 0.25) is 0 Å². The van der Waals surface area contributed by atoms with Gasteiger partial charge in [-0.2, -0.15) is 0 Å². The van der Waals surface area contributed by atoms with Crippen LogP contribution in [0.5, 0.6) is 0 Å². The molecule has 1 unspecified atom stereocenters. The van der Waals surface area contributed by atoms with E-state index in [-0.39, 0.29) is 24.1 Å². The molecule has 0 aromatic heterocycles. The van der Waals surface area contributed by atoms with Crippen molar-refractivity contribution in [2.75, 3.05) is 33.4 Å². The Morgan fingerprint density at radius 3 is 2.75 bits per heavy atom. The number of carbonyl (C=O) groups is 1. The minimum Gasteiger partial charge on any atom is -0.394 e. The summed E-state index contributed by atoms with van der Waals surface area (Å²) in [5.74, 6) is 0.138. The van der Waals surface area contributed by atoms with Gasteiger partial charge in [-0.25, -0.2) is 0 Å². The first-order chi connectivity index (χ1) is 7.67. The molecule has 2 fully saturated rings. The molecule has 0 aromatic carbocycles. The van der Waals surface area contributed by atoms with Gasteiger partial charge in [0.2, 0.25) is 5.91 Å². The Balaban J connectivity index is 1.98. The highest BCUT2D eigenvalue weighted by Gasteiger charge is 2.38. The largest absolute Gasteiger partial charge is 0.394 e. The Hall–Kier alpha value is -0.650. The van der Waals surface area contributed by atoms with Crippen molar-refractivity contribution in [1.29, 1.82) is 0 Å². The first-order valence-corrected chi connectivity index (χ1v) is 5.88. The van der Waals surface area contributed by atoms with Crippen LogP contribution < -0.4 is 5.32 Å². The molecule has 0 aromatic rings. The van der Waals surface area contributed by atoms with E-state index >= 15 is 0 Å². The molecule has 2 aliphatic rings. The molecule has 0 aliphatic carbocycles. The van der Waals surface area contributed by atoms with E-state index in [4.69, 9.17) is 4.74 Å². The highest BCUT2D eigenvalue weighted by atomic mass is 16.5. The molecule has 5 nitrogen and oxygen atoms in total. The topological polar surface area (TPSA) is 61.8 Å². The van der Waals surface area contributed by atoms with E-state index in [9.17, 15) is 9.90 Å². The van der Waals surface area contributed by atoms with E-state index in [1.165, 1.54) is 0 Å². The number of nitrogens with zero attached hydrogens (tertiary/aromatic N) is 1. The summed E-state index contributed by atoms with van der Waals surface area (Å²) in [6.45, 7) is 2.19. The fourth-order valence-electron chi connectivity index (χ4n) is 2.44. The van der Waals surface area contributed by atoms with Gasteiger partial charge in [0.1, 0.15) is 0 Å². The molecule has 1 amide bonds. The molecule has 2 aliphatic heterocycles. The number of aliphatic hydroxyl groups is 1. The summed E-state index contributed by atoms with van der Waals surface area (Å²) in [4.78, 5) is 13.5. The Morgan fingerprint density at radius 2 is 2.25 bits per heavy atom. The zero-order valence-corrected chi connectivity index (χ0v) is 9.74. The fourth-order valence-corrected chi connectivity index (χ4v) is 2.44. The van der Waals surface area contributed by atoms with Crippen LogP contribution in [0.1, 0.15) is 19.3 Å². The van der Waals surface area contributed by atoms with Crippen molar-refractivity contribution in [3.63, 3.8) is 0 Å². The van der Waals surface area contributed by atoms with Crippen LogP contribution in [0, 0.1) is 0 Å². The SMILES string of the molecule is CN1CCC(NC2(CO)CCOCC2)C1=O. The van der Waals surface area contributed by atoms with E-state index < -0.39 is 0 Å². The predicted molar refractivity (Wildman–Crippen MR) is 59.0 cm³/mol. The summed E-state index contributed by atoms with van der Waals surface area (Å²) in [6.07, 6.45) is 2.38. The van der Waals surface area contributed by atoms with E-state index in [1.807, 2.05) is 7.05 Å². The van der Waals surface area contributed by atoms with Crippen LogP contribution in [-0.2, 0) is 9.53 Å². The summed E-state index contributed by atoms with van der Waals surface area (Å²) in [7, 11) is 1.82. The summed E-state index contributed by atoms with van der Waals surface area (Å²) >= 11 is 0. The maximum absolute atomic E-state index is 11.8. The van der Waals surface area contributed by atoms with Crippen molar-refractivity contribution in [2.24, 2.45) is 0 Å². The van der Waals surface area contributed by atoms with Gasteiger partial charge in [0.25, 0.3) is 0 Å². The third kappa shape index (κ3) is 2.21. The van der Waals surface area contributed by atoms with Gasteiger partial charge >= 0.3 is 0 Å². The summed E-state index contributed by atoms with van der Waals surface area (Å²) < 4.78 is 5.29. The van der Waals surface area contributed by atoms with Gasteiger partial charge in [0.05, 0.1) is 12.6 Å². The minimum atomic E-state index is -0.316. The third-order valence-electron chi connectivity index (χ3n) is 3.66. The normalized spacial score (nSPS) is 29.8. The number of ether oxygens (including phenoxy) is 1. The molecule has 92 valence electrons. The molecule has 0 bridgehead atoms. The minimum absolute atomic E-state index is 0.0733. The van der Waals surface area contributed by atoms with Crippen LogP contribution in [0.25, 0.3) is 0 Å². The van der Waals surface area contributed by atoms with Crippen molar-refractivity contribution >= 4 is 5.91 Å². The molecule has 2 N–H and O–H groups in total. The summed E-state index contributed by atoms with van der Waals surface area (Å²) in [5.41, 5.74) is -0.316. The lowest BCUT2D eigenvalue weighted by Gasteiger charge is -2.38. The van der Waals surface area contributed by atoms with Crippen molar-refractivity contribution in [2.45, 2.75) is 30.8 Å². The monoisotopic (exact) mass is 228 g/mol. The average Bonchev–Trinajstić information content (AvgIpc) is 2.62. The lowest BCUT2D eigenvalue weighted by atomic mass is 9.90. The van der Waals surface area contributed by atoms with E-state index in [0.29, 0.717) is 13.2 Å². The number of hydrogen-bond acceptors (Lipinski definition) is 4. The van der Waals surface area contributed by atoms with Crippen LogP contribution in [0.4, 0.5) is 0 Å². The maximum Gasteiger partial charge on any atom is 0.239 e. The highest BCUT2D eigenvalue weighted by Crippen LogP contribution is 2.23. The molecule has 2 saturated heterocycles. The van der Waals surface area contributed by atoms with E-state index in [0.717, 1.165) is 25.8 Å². The Bertz CT molecular complexity index is 264. The number of likely N-dealkylation sites (tertiary alicyclic amines) is 1. The van der Waals surface area contributed by atoms with Gasteiger partial charge in [-0.1, -0.05) is 0 Å². The third-order valence-corrected chi connectivity index (χ3v) is 3.66. The average molecular weight is 228 g/mol. The lowest BCUT2D eigenvalue weighted by molar-refractivity contribution is -0.129. The maximum atomic E-state index is 11.8.